The zero-order valence-electron chi connectivity index (χ0n) is 25.2. The maximum atomic E-state index is 13.1. The van der Waals surface area contributed by atoms with Crippen LogP contribution in [0.2, 0.25) is 0 Å². The van der Waals surface area contributed by atoms with Crippen molar-refractivity contribution >= 4 is 46.3 Å². The first kappa shape index (κ1) is 31.3. The quantitative estimate of drug-likeness (QED) is 0.0964. The van der Waals surface area contributed by atoms with Crippen LogP contribution in [0.25, 0.3) is 6.08 Å². The summed E-state index contributed by atoms with van der Waals surface area (Å²) in [7, 11) is 0. The monoisotopic (exact) mass is 642 g/mol. The van der Waals surface area contributed by atoms with Gasteiger partial charge < -0.3 is 14.4 Å². The number of rotatable bonds is 12. The van der Waals surface area contributed by atoms with E-state index in [9.17, 15) is 24.5 Å². The zero-order valence-corrected chi connectivity index (χ0v) is 26.0. The average Bonchev–Trinajstić information content (AvgIpc) is 3.88. The minimum absolute atomic E-state index is 0.0208. The topological polar surface area (TPSA) is 123 Å². The summed E-state index contributed by atoms with van der Waals surface area (Å²) >= 11 is 0.880. The third-order valence-corrected chi connectivity index (χ3v) is 8.97. The summed E-state index contributed by atoms with van der Waals surface area (Å²) in [4.78, 5) is 54.4. The minimum Gasteiger partial charge on any atom is -0.494 e. The lowest BCUT2D eigenvalue weighted by Crippen LogP contribution is -2.49. The van der Waals surface area contributed by atoms with Gasteiger partial charge in [-0.15, -0.1) is 0 Å². The van der Waals surface area contributed by atoms with E-state index in [0.717, 1.165) is 80.6 Å². The van der Waals surface area contributed by atoms with Gasteiger partial charge in [0, 0.05) is 44.2 Å². The fourth-order valence-electron chi connectivity index (χ4n) is 5.35. The molecule has 0 unspecified atom stereocenters. The number of carbonyl (C=O) groups excluding carboxylic acids is 3. The maximum Gasteiger partial charge on any atom is 0.298 e. The molecule has 11 nitrogen and oxygen atoms in total. The largest absolute Gasteiger partial charge is 0.494 e. The Balaban J connectivity index is 0.944. The molecule has 3 fully saturated rings. The highest BCUT2D eigenvalue weighted by Crippen LogP contribution is 2.37. The molecule has 3 amide bonds. The Morgan fingerprint density at radius 1 is 0.870 bits per heavy atom. The van der Waals surface area contributed by atoms with Crippen molar-refractivity contribution in [1.29, 1.82) is 0 Å². The number of carbonyl (C=O) groups is 3. The Labute approximate surface area is 270 Å². The standard InChI is InChI=1S/C34H34N4O7S/c39-32(25-5-6-25)36-20-18-35(19-21-36)17-1-2-22-44-28-13-7-26(8-14-28)37-33(40)31(46-34(37)41)23-24-3-11-29(12-4-24)45-30-15-9-27(10-16-30)38(42)43/h3-4,7-16,23,25H,1-2,5-6,17-22H2/b31-23-. The number of amides is 3. The molecule has 0 spiro atoms. The summed E-state index contributed by atoms with van der Waals surface area (Å²) in [6.07, 6.45) is 5.68. The number of unbranched alkanes of at least 4 members (excludes halogenated alkanes) is 1. The van der Waals surface area contributed by atoms with Gasteiger partial charge in [0.2, 0.25) is 5.91 Å². The lowest BCUT2D eigenvalue weighted by molar-refractivity contribution is -0.384. The summed E-state index contributed by atoms with van der Waals surface area (Å²) in [5.74, 6) is 1.89. The normalized spacial score (nSPS) is 17.9. The molecule has 1 saturated carbocycles. The molecule has 0 N–H and O–H groups in total. The van der Waals surface area contributed by atoms with Crippen LogP contribution in [0.1, 0.15) is 31.2 Å². The third-order valence-electron chi connectivity index (χ3n) is 8.10. The molecule has 3 aromatic rings. The molecule has 2 saturated heterocycles. The van der Waals surface area contributed by atoms with Crippen LogP contribution in [-0.4, -0.2) is 71.1 Å². The second kappa shape index (κ2) is 14.2. The molecule has 2 heterocycles. The van der Waals surface area contributed by atoms with E-state index in [0.29, 0.717) is 46.3 Å². The van der Waals surface area contributed by atoms with Crippen molar-refractivity contribution in [3.8, 4) is 17.2 Å². The predicted molar refractivity (Wildman–Crippen MR) is 175 cm³/mol. The summed E-state index contributed by atoms with van der Waals surface area (Å²) in [5, 5.41) is 10.5. The van der Waals surface area contributed by atoms with Gasteiger partial charge >= 0.3 is 0 Å². The van der Waals surface area contributed by atoms with E-state index < -0.39 is 10.8 Å². The molecular weight excluding hydrogens is 608 g/mol. The van der Waals surface area contributed by atoms with E-state index in [-0.39, 0.29) is 10.9 Å². The fraction of sp³-hybridized carbons (Fsp3) is 0.324. The third kappa shape index (κ3) is 7.75. The van der Waals surface area contributed by atoms with E-state index in [4.69, 9.17) is 9.47 Å². The summed E-state index contributed by atoms with van der Waals surface area (Å²) < 4.78 is 11.6. The smallest absolute Gasteiger partial charge is 0.298 e. The van der Waals surface area contributed by atoms with Crippen LogP contribution in [0.3, 0.4) is 0 Å². The van der Waals surface area contributed by atoms with E-state index >= 15 is 0 Å². The molecule has 0 aromatic heterocycles. The second-order valence-corrected chi connectivity index (χ2v) is 12.4. The highest BCUT2D eigenvalue weighted by atomic mass is 32.2. The van der Waals surface area contributed by atoms with Crippen molar-refractivity contribution in [3.05, 3.63) is 93.4 Å². The highest BCUT2D eigenvalue weighted by molar-refractivity contribution is 8.19. The first-order valence-corrected chi connectivity index (χ1v) is 16.2. The Morgan fingerprint density at radius 2 is 1.50 bits per heavy atom. The lowest BCUT2D eigenvalue weighted by Gasteiger charge is -2.34. The van der Waals surface area contributed by atoms with Crippen LogP contribution in [0.15, 0.2) is 77.7 Å². The molecule has 2 aliphatic heterocycles. The molecule has 0 atom stereocenters. The van der Waals surface area contributed by atoms with Gasteiger partial charge in [-0.1, -0.05) is 12.1 Å². The zero-order chi connectivity index (χ0) is 32.0. The Kier molecular flexibility index (Phi) is 9.65. The summed E-state index contributed by atoms with van der Waals surface area (Å²) in [5.41, 5.74) is 1.17. The lowest BCUT2D eigenvalue weighted by atomic mass is 10.2. The van der Waals surface area contributed by atoms with Crippen LogP contribution < -0.4 is 14.4 Å². The van der Waals surface area contributed by atoms with E-state index in [1.165, 1.54) is 24.3 Å². The Hall–Kier alpha value is -4.68. The molecule has 238 valence electrons. The number of anilines is 1. The summed E-state index contributed by atoms with van der Waals surface area (Å²) in [6.45, 7) is 5.06. The number of nitrogens with zero attached hydrogens (tertiary/aromatic N) is 4. The number of hydrogen-bond donors (Lipinski definition) is 0. The van der Waals surface area contributed by atoms with Crippen LogP contribution >= 0.6 is 11.8 Å². The van der Waals surface area contributed by atoms with Crippen molar-refractivity contribution in [2.24, 2.45) is 5.92 Å². The van der Waals surface area contributed by atoms with Gasteiger partial charge in [-0.25, -0.2) is 4.90 Å². The van der Waals surface area contributed by atoms with Crippen molar-refractivity contribution in [2.75, 3.05) is 44.2 Å². The number of ether oxygens (including phenoxy) is 2. The number of piperazine rings is 1. The van der Waals surface area contributed by atoms with Crippen molar-refractivity contribution in [3.63, 3.8) is 0 Å². The molecule has 3 aromatic carbocycles. The highest BCUT2D eigenvalue weighted by Gasteiger charge is 2.36. The van der Waals surface area contributed by atoms with Crippen LogP contribution in [0.5, 0.6) is 17.2 Å². The van der Waals surface area contributed by atoms with Crippen molar-refractivity contribution in [2.45, 2.75) is 25.7 Å². The maximum absolute atomic E-state index is 13.1. The average molecular weight is 643 g/mol. The second-order valence-electron chi connectivity index (χ2n) is 11.4. The summed E-state index contributed by atoms with van der Waals surface area (Å²) in [6, 6.07) is 19.7. The number of benzene rings is 3. The van der Waals surface area contributed by atoms with Crippen LogP contribution in [0.4, 0.5) is 16.2 Å². The van der Waals surface area contributed by atoms with Gasteiger partial charge in [0.25, 0.3) is 16.8 Å². The Morgan fingerprint density at radius 3 is 2.13 bits per heavy atom. The molecule has 0 bridgehead atoms. The number of nitro groups is 1. The first-order valence-electron chi connectivity index (χ1n) is 15.4. The first-order chi connectivity index (χ1) is 22.3. The number of hydrogen-bond acceptors (Lipinski definition) is 9. The fourth-order valence-corrected chi connectivity index (χ4v) is 6.19. The number of thioether (sulfide) groups is 1. The molecule has 12 heteroatoms. The molecule has 1 aliphatic carbocycles. The SMILES string of the molecule is O=C(C1CC1)N1CCN(CCCCOc2ccc(N3C(=O)S/C(=C\c4ccc(Oc5ccc([N+](=O)[O-])cc5)cc4)C3=O)cc2)CC1. The van der Waals surface area contributed by atoms with Gasteiger partial charge in [0.1, 0.15) is 17.2 Å². The predicted octanol–water partition coefficient (Wildman–Crippen LogP) is 6.34. The molecule has 46 heavy (non-hydrogen) atoms. The molecule has 6 rings (SSSR count). The molecule has 3 aliphatic rings. The van der Waals surface area contributed by atoms with E-state index in [2.05, 4.69) is 4.90 Å². The number of imide groups is 1. The van der Waals surface area contributed by atoms with Gasteiger partial charge in [-0.2, -0.15) is 0 Å². The minimum atomic E-state index is -0.473. The van der Waals surface area contributed by atoms with Crippen molar-refractivity contribution in [1.82, 2.24) is 9.80 Å². The Bertz CT molecular complexity index is 1610. The van der Waals surface area contributed by atoms with Crippen molar-refractivity contribution < 1.29 is 28.8 Å². The molecule has 0 radical (unpaired) electrons. The van der Waals surface area contributed by atoms with E-state index in [1.54, 1.807) is 54.6 Å². The van der Waals surface area contributed by atoms with Gasteiger partial charge in [0.15, 0.2) is 0 Å². The van der Waals surface area contributed by atoms with E-state index in [1.807, 2.05) is 4.90 Å². The van der Waals surface area contributed by atoms with Gasteiger partial charge in [0.05, 0.1) is 22.1 Å². The van der Waals surface area contributed by atoms with Gasteiger partial charge in [-0.3, -0.25) is 29.4 Å². The van der Waals surface area contributed by atoms with Crippen LogP contribution in [0, 0.1) is 16.0 Å². The number of non-ortho nitro benzene ring substituents is 1. The van der Waals surface area contributed by atoms with Crippen LogP contribution in [-0.2, 0) is 9.59 Å². The van der Waals surface area contributed by atoms with Gasteiger partial charge in [-0.05, 0) is 104 Å². The number of nitro benzene ring substituents is 1. The molecular formula is C34H34N4O7S.